The van der Waals surface area contributed by atoms with E-state index < -0.39 is 53.0 Å². The van der Waals surface area contributed by atoms with Crippen LogP contribution in [0.15, 0.2) is 12.7 Å². The zero-order chi connectivity index (χ0) is 27.4. The fourth-order valence-corrected chi connectivity index (χ4v) is 8.09. The number of hydrogen-bond donors (Lipinski definition) is 2. The number of hydrogen-bond acceptors (Lipinski definition) is 5. The maximum atomic E-state index is 14.6. The van der Waals surface area contributed by atoms with Crippen LogP contribution in [0, 0.1) is 23.2 Å². The summed E-state index contributed by atoms with van der Waals surface area (Å²) in [5.41, 5.74) is -1.91. The fourth-order valence-electron chi connectivity index (χ4n) is 7.15. The Morgan fingerprint density at radius 2 is 1.92 bits per heavy atom. The predicted molar refractivity (Wildman–Crippen MR) is 141 cm³/mol. The number of ether oxygens (including phenoxy) is 1. The molecule has 3 aliphatic heterocycles. The SMILES string of the molecule is C=CCN(C(=O)C1N([C@@H](CO)CC(C)C)C(=O)[C@@H]2[C@@H](C(=O)O)[C@@H]3OC12CC3Br)C(C)(C)CC(C)(C)C. The molecule has 0 aliphatic carbocycles. The largest absolute Gasteiger partial charge is 0.481 e. The van der Waals surface area contributed by atoms with Gasteiger partial charge in [0.25, 0.3) is 0 Å². The van der Waals surface area contributed by atoms with Gasteiger partial charge in [0, 0.05) is 16.9 Å². The number of alkyl halides is 1. The molecule has 2 N–H and O–H groups in total. The molecule has 8 nitrogen and oxygen atoms in total. The molecule has 0 aromatic carbocycles. The highest BCUT2D eigenvalue weighted by Gasteiger charge is 2.77. The van der Waals surface area contributed by atoms with Gasteiger partial charge in [0.2, 0.25) is 11.8 Å². The van der Waals surface area contributed by atoms with Gasteiger partial charge in [-0.05, 0) is 44.4 Å². The third kappa shape index (κ3) is 4.87. The molecule has 2 bridgehead atoms. The van der Waals surface area contributed by atoms with Crippen molar-refractivity contribution < 1.29 is 29.3 Å². The molecule has 3 saturated heterocycles. The number of carboxylic acids is 1. The molecule has 1 spiro atoms. The molecule has 3 fully saturated rings. The molecule has 0 radical (unpaired) electrons. The van der Waals surface area contributed by atoms with Crippen LogP contribution in [-0.2, 0) is 19.1 Å². The Morgan fingerprint density at radius 3 is 2.39 bits per heavy atom. The van der Waals surface area contributed by atoms with Crippen LogP contribution in [0.4, 0.5) is 0 Å². The highest BCUT2D eigenvalue weighted by molar-refractivity contribution is 9.09. The van der Waals surface area contributed by atoms with Gasteiger partial charge in [0.1, 0.15) is 11.6 Å². The van der Waals surface area contributed by atoms with E-state index in [1.165, 1.54) is 4.90 Å². The molecule has 204 valence electrons. The van der Waals surface area contributed by atoms with Crippen LogP contribution in [-0.4, -0.2) is 85.1 Å². The minimum absolute atomic E-state index is 0.0713. The molecule has 3 aliphatic rings. The summed E-state index contributed by atoms with van der Waals surface area (Å²) in [4.78, 5) is 43.9. The second-order valence-corrected chi connectivity index (χ2v) is 14.2. The van der Waals surface area contributed by atoms with Gasteiger partial charge in [0.05, 0.1) is 30.6 Å². The number of amides is 2. The van der Waals surface area contributed by atoms with E-state index in [9.17, 15) is 24.6 Å². The second kappa shape index (κ2) is 10.0. The van der Waals surface area contributed by atoms with Crippen molar-refractivity contribution >= 4 is 33.7 Å². The number of aliphatic carboxylic acids is 1. The summed E-state index contributed by atoms with van der Waals surface area (Å²) in [6.45, 7) is 18.2. The molecule has 2 amide bonds. The van der Waals surface area contributed by atoms with Crippen molar-refractivity contribution in [2.24, 2.45) is 23.2 Å². The third-order valence-electron chi connectivity index (χ3n) is 7.87. The number of halogens is 1. The van der Waals surface area contributed by atoms with Crippen molar-refractivity contribution in [3.63, 3.8) is 0 Å². The smallest absolute Gasteiger partial charge is 0.310 e. The topological polar surface area (TPSA) is 107 Å². The molecule has 0 aromatic heterocycles. The maximum absolute atomic E-state index is 14.6. The van der Waals surface area contributed by atoms with Crippen molar-refractivity contribution in [1.82, 2.24) is 9.80 Å². The highest BCUT2D eigenvalue weighted by Crippen LogP contribution is 2.60. The van der Waals surface area contributed by atoms with Gasteiger partial charge < -0.3 is 24.7 Å². The summed E-state index contributed by atoms with van der Waals surface area (Å²) in [6.07, 6.45) is 2.53. The number of carboxylic acid groups (broad SMARTS) is 1. The lowest BCUT2D eigenvalue weighted by atomic mass is 9.70. The van der Waals surface area contributed by atoms with Gasteiger partial charge in [-0.15, -0.1) is 6.58 Å². The number of carbonyl (C=O) groups is 3. The summed E-state index contributed by atoms with van der Waals surface area (Å²) in [6, 6.07) is -1.65. The van der Waals surface area contributed by atoms with Crippen LogP contribution in [0.3, 0.4) is 0 Å². The Morgan fingerprint density at radius 1 is 1.31 bits per heavy atom. The molecule has 3 rings (SSSR count). The van der Waals surface area contributed by atoms with Crippen LogP contribution in [0.2, 0.25) is 0 Å². The summed E-state index contributed by atoms with van der Waals surface area (Å²) in [5.74, 6) is -3.66. The van der Waals surface area contributed by atoms with Gasteiger partial charge in [-0.25, -0.2) is 0 Å². The lowest BCUT2D eigenvalue weighted by Crippen LogP contribution is -2.62. The number of carbonyl (C=O) groups excluding carboxylic acids is 2. The number of likely N-dealkylation sites (tertiary alicyclic amines) is 1. The van der Waals surface area contributed by atoms with Gasteiger partial charge >= 0.3 is 5.97 Å². The lowest BCUT2D eigenvalue weighted by Gasteiger charge is -2.46. The summed E-state index contributed by atoms with van der Waals surface area (Å²) in [5, 5.41) is 20.5. The van der Waals surface area contributed by atoms with E-state index in [1.807, 2.05) is 27.7 Å². The Balaban J connectivity index is 2.17. The molecule has 36 heavy (non-hydrogen) atoms. The summed E-state index contributed by atoms with van der Waals surface area (Å²) < 4.78 is 6.40. The predicted octanol–water partition coefficient (Wildman–Crippen LogP) is 3.46. The average Bonchev–Trinajstić information content (AvgIpc) is 3.31. The second-order valence-electron chi connectivity index (χ2n) is 13.0. The van der Waals surface area contributed by atoms with Crippen molar-refractivity contribution in [1.29, 1.82) is 0 Å². The molecule has 9 heteroatoms. The Bertz CT molecular complexity index is 899. The van der Waals surface area contributed by atoms with Crippen molar-refractivity contribution in [3.8, 4) is 0 Å². The molecular weight excluding hydrogens is 528 g/mol. The first-order valence-electron chi connectivity index (χ1n) is 12.9. The first kappa shape index (κ1) is 29.1. The van der Waals surface area contributed by atoms with Crippen molar-refractivity contribution in [2.45, 2.75) is 102 Å². The monoisotopic (exact) mass is 570 g/mol. The molecule has 7 atom stereocenters. The highest BCUT2D eigenvalue weighted by atomic mass is 79.9. The Labute approximate surface area is 223 Å². The quantitative estimate of drug-likeness (QED) is 0.307. The maximum Gasteiger partial charge on any atom is 0.310 e. The van der Waals surface area contributed by atoms with Gasteiger partial charge in [-0.1, -0.05) is 56.6 Å². The van der Waals surface area contributed by atoms with E-state index in [0.717, 1.165) is 0 Å². The van der Waals surface area contributed by atoms with Crippen molar-refractivity contribution in [3.05, 3.63) is 12.7 Å². The fraction of sp³-hybridized carbons (Fsp3) is 0.815. The number of nitrogens with zero attached hydrogens (tertiary/aromatic N) is 2. The molecule has 3 unspecified atom stereocenters. The van der Waals surface area contributed by atoms with Gasteiger partial charge in [0.15, 0.2) is 0 Å². The molecular formula is C27H43BrN2O6. The van der Waals surface area contributed by atoms with E-state index in [2.05, 4.69) is 43.3 Å². The average molecular weight is 572 g/mol. The molecule has 0 saturated carbocycles. The van der Waals surface area contributed by atoms with Gasteiger partial charge in [-0.3, -0.25) is 14.4 Å². The zero-order valence-corrected chi connectivity index (χ0v) is 24.2. The first-order valence-corrected chi connectivity index (χ1v) is 13.8. The Hall–Kier alpha value is -1.45. The third-order valence-corrected chi connectivity index (χ3v) is 8.71. The van der Waals surface area contributed by atoms with Crippen LogP contribution < -0.4 is 0 Å². The number of aliphatic hydroxyl groups excluding tert-OH is 1. The van der Waals surface area contributed by atoms with E-state index in [4.69, 9.17) is 4.74 Å². The van der Waals surface area contributed by atoms with E-state index in [1.54, 1.807) is 11.0 Å². The van der Waals surface area contributed by atoms with E-state index in [-0.39, 0.29) is 35.2 Å². The normalized spacial score (nSPS) is 32.7. The summed E-state index contributed by atoms with van der Waals surface area (Å²) >= 11 is 3.58. The number of fused-ring (bicyclic) bond motifs is 1. The van der Waals surface area contributed by atoms with Gasteiger partial charge in [-0.2, -0.15) is 0 Å². The first-order chi connectivity index (χ1) is 16.5. The van der Waals surface area contributed by atoms with Crippen LogP contribution >= 0.6 is 15.9 Å². The minimum Gasteiger partial charge on any atom is -0.481 e. The van der Waals surface area contributed by atoms with E-state index >= 15 is 0 Å². The molecule has 0 aromatic rings. The minimum atomic E-state index is -1.27. The molecule has 3 heterocycles. The van der Waals surface area contributed by atoms with Crippen LogP contribution in [0.5, 0.6) is 0 Å². The number of rotatable bonds is 10. The zero-order valence-electron chi connectivity index (χ0n) is 22.7. The Kier molecular flexibility index (Phi) is 8.11. The van der Waals surface area contributed by atoms with Crippen molar-refractivity contribution in [2.75, 3.05) is 13.2 Å². The van der Waals surface area contributed by atoms with E-state index in [0.29, 0.717) is 19.3 Å². The van der Waals surface area contributed by atoms with Crippen LogP contribution in [0.1, 0.15) is 67.7 Å². The van der Waals surface area contributed by atoms with Crippen LogP contribution in [0.25, 0.3) is 0 Å². The standard InChI is InChI=1S/C27H43BrN2O6/c1-9-10-29(26(7,8)14-25(4,5)6)23(33)21-27-12-17(28)20(36-27)18(24(34)35)19(27)22(32)30(21)16(13-31)11-15(2)3/h9,15-21,31H,1,10-14H2,2-8H3,(H,34,35)/t16-,17?,18-,19+,20-,21?,27?/m1/s1. The lowest BCUT2D eigenvalue weighted by molar-refractivity contribution is -0.156. The summed E-state index contributed by atoms with van der Waals surface area (Å²) in [7, 11) is 0. The number of aliphatic hydroxyl groups is 1.